The molecule has 1 heterocycles. The zero-order valence-electron chi connectivity index (χ0n) is 8.52. The van der Waals surface area contributed by atoms with Crippen molar-refractivity contribution in [3.05, 3.63) is 36.1 Å². The fourth-order valence-electron chi connectivity index (χ4n) is 1.27. The highest BCUT2D eigenvalue weighted by Crippen LogP contribution is 2.29. The number of fused-ring (bicyclic) bond motifs is 1. The lowest BCUT2D eigenvalue weighted by Gasteiger charge is -2.19. The molecule has 5 heteroatoms. The number of carbonyl (C=O) groups excluding carboxylic acids is 2. The topological polar surface area (TPSA) is 64.6 Å². The van der Waals surface area contributed by atoms with Crippen molar-refractivity contribution in [3.63, 3.8) is 0 Å². The second kappa shape index (κ2) is 4.06. The second-order valence-electron chi connectivity index (χ2n) is 3.08. The van der Waals surface area contributed by atoms with Crippen LogP contribution < -0.4 is 10.1 Å². The highest BCUT2D eigenvalue weighted by Gasteiger charge is 2.22. The van der Waals surface area contributed by atoms with Crippen LogP contribution in [0.15, 0.2) is 36.1 Å². The maximum absolute atomic E-state index is 11.5. The van der Waals surface area contributed by atoms with Gasteiger partial charge in [0.05, 0.1) is 18.9 Å². The standard InChI is InChI=1S/C11H9NO4/c1-15-10(13)6-9-11(14)12-7-4-2-3-5-8(7)16-9/h2-6H,1H3,(H,12,14)/b9-6+. The van der Waals surface area contributed by atoms with Crippen LogP contribution in [-0.2, 0) is 14.3 Å². The number of esters is 1. The number of rotatable bonds is 1. The van der Waals surface area contributed by atoms with Gasteiger partial charge in [-0.05, 0) is 12.1 Å². The Morgan fingerprint density at radius 2 is 2.19 bits per heavy atom. The number of hydrogen-bond donors (Lipinski definition) is 1. The molecule has 0 atom stereocenters. The van der Waals surface area contributed by atoms with Crippen molar-refractivity contribution in [1.29, 1.82) is 0 Å². The lowest BCUT2D eigenvalue weighted by molar-refractivity contribution is -0.135. The third kappa shape index (κ3) is 1.88. The summed E-state index contributed by atoms with van der Waals surface area (Å²) >= 11 is 0. The third-order valence-corrected chi connectivity index (χ3v) is 2.03. The number of nitrogens with one attached hydrogen (secondary N) is 1. The average molecular weight is 219 g/mol. The Balaban J connectivity index is 2.31. The van der Waals surface area contributed by atoms with E-state index in [0.29, 0.717) is 11.4 Å². The van der Waals surface area contributed by atoms with Gasteiger partial charge in [-0.1, -0.05) is 12.1 Å². The molecule has 0 aliphatic carbocycles. The van der Waals surface area contributed by atoms with E-state index < -0.39 is 11.9 Å². The van der Waals surface area contributed by atoms with Crippen molar-refractivity contribution in [2.75, 3.05) is 12.4 Å². The van der Waals surface area contributed by atoms with Gasteiger partial charge in [-0.2, -0.15) is 0 Å². The number of para-hydroxylation sites is 2. The largest absolute Gasteiger partial charge is 0.466 e. The van der Waals surface area contributed by atoms with Gasteiger partial charge in [0.25, 0.3) is 5.91 Å². The first kappa shape index (κ1) is 10.2. The van der Waals surface area contributed by atoms with E-state index in [2.05, 4.69) is 10.1 Å². The summed E-state index contributed by atoms with van der Waals surface area (Å²) in [5.74, 6) is -0.684. The summed E-state index contributed by atoms with van der Waals surface area (Å²) in [5.41, 5.74) is 0.578. The molecule has 0 saturated heterocycles. The Labute approximate surface area is 91.7 Å². The molecule has 0 radical (unpaired) electrons. The number of methoxy groups -OCH3 is 1. The molecule has 0 spiro atoms. The molecule has 0 fully saturated rings. The fourth-order valence-corrected chi connectivity index (χ4v) is 1.27. The van der Waals surface area contributed by atoms with Crippen molar-refractivity contribution in [2.24, 2.45) is 0 Å². The Bertz CT molecular complexity index is 479. The summed E-state index contributed by atoms with van der Waals surface area (Å²) < 4.78 is 9.68. The smallest absolute Gasteiger partial charge is 0.334 e. The summed E-state index contributed by atoms with van der Waals surface area (Å²) in [6.07, 6.45) is 1.01. The van der Waals surface area contributed by atoms with Gasteiger partial charge < -0.3 is 14.8 Å². The van der Waals surface area contributed by atoms with Gasteiger partial charge >= 0.3 is 5.97 Å². The minimum atomic E-state index is -0.635. The van der Waals surface area contributed by atoms with Gasteiger partial charge in [0, 0.05) is 0 Å². The molecule has 0 bridgehead atoms. The summed E-state index contributed by atoms with van der Waals surface area (Å²) in [5, 5.41) is 2.60. The minimum Gasteiger partial charge on any atom is -0.466 e. The van der Waals surface area contributed by atoms with Crippen LogP contribution in [0.1, 0.15) is 0 Å². The van der Waals surface area contributed by atoms with Crippen LogP contribution in [0.4, 0.5) is 5.69 Å². The summed E-state index contributed by atoms with van der Waals surface area (Å²) in [4.78, 5) is 22.5. The average Bonchev–Trinajstić information content (AvgIpc) is 2.30. The third-order valence-electron chi connectivity index (χ3n) is 2.03. The number of carbonyl (C=O) groups is 2. The van der Waals surface area contributed by atoms with Crippen LogP contribution in [0.3, 0.4) is 0 Å². The van der Waals surface area contributed by atoms with E-state index in [1.54, 1.807) is 24.3 Å². The number of hydrogen-bond acceptors (Lipinski definition) is 4. The van der Waals surface area contributed by atoms with E-state index in [-0.39, 0.29) is 5.76 Å². The van der Waals surface area contributed by atoms with Crippen molar-refractivity contribution < 1.29 is 19.1 Å². The zero-order valence-corrected chi connectivity index (χ0v) is 8.52. The molecule has 16 heavy (non-hydrogen) atoms. The lowest BCUT2D eigenvalue weighted by Crippen LogP contribution is -2.24. The molecule has 0 unspecified atom stereocenters. The highest BCUT2D eigenvalue weighted by molar-refractivity contribution is 6.08. The van der Waals surface area contributed by atoms with E-state index in [1.165, 1.54) is 7.11 Å². The van der Waals surface area contributed by atoms with E-state index in [9.17, 15) is 9.59 Å². The lowest BCUT2D eigenvalue weighted by atomic mass is 10.2. The van der Waals surface area contributed by atoms with E-state index in [1.807, 2.05) is 0 Å². The maximum Gasteiger partial charge on any atom is 0.334 e. The maximum atomic E-state index is 11.5. The predicted molar refractivity (Wildman–Crippen MR) is 55.8 cm³/mol. The van der Waals surface area contributed by atoms with Crippen LogP contribution in [0, 0.1) is 0 Å². The highest BCUT2D eigenvalue weighted by atomic mass is 16.5. The molecular weight excluding hydrogens is 210 g/mol. The Morgan fingerprint density at radius 1 is 1.44 bits per heavy atom. The van der Waals surface area contributed by atoms with Crippen LogP contribution in [0.5, 0.6) is 5.75 Å². The predicted octanol–water partition coefficient (Wildman–Crippen LogP) is 1.07. The van der Waals surface area contributed by atoms with Crippen LogP contribution in [0.25, 0.3) is 0 Å². The molecule has 1 aliphatic rings. The van der Waals surface area contributed by atoms with Crippen LogP contribution in [-0.4, -0.2) is 19.0 Å². The first-order valence-corrected chi connectivity index (χ1v) is 4.58. The van der Waals surface area contributed by atoms with Crippen molar-refractivity contribution >= 4 is 17.6 Å². The van der Waals surface area contributed by atoms with Crippen molar-refractivity contribution in [2.45, 2.75) is 0 Å². The Hall–Kier alpha value is -2.30. The van der Waals surface area contributed by atoms with Gasteiger partial charge in [-0.3, -0.25) is 4.79 Å². The molecule has 82 valence electrons. The Morgan fingerprint density at radius 3 is 2.94 bits per heavy atom. The van der Waals surface area contributed by atoms with Gasteiger partial charge in [0.15, 0.2) is 11.5 Å². The summed E-state index contributed by atoms with van der Waals surface area (Å²) in [6.45, 7) is 0. The van der Waals surface area contributed by atoms with Crippen molar-refractivity contribution in [3.8, 4) is 5.75 Å². The van der Waals surface area contributed by atoms with Crippen LogP contribution >= 0.6 is 0 Å². The summed E-state index contributed by atoms with van der Waals surface area (Å²) in [6, 6.07) is 6.95. The van der Waals surface area contributed by atoms with Gasteiger partial charge in [0.1, 0.15) is 0 Å². The van der Waals surface area contributed by atoms with Crippen molar-refractivity contribution in [1.82, 2.24) is 0 Å². The minimum absolute atomic E-state index is 0.0782. The molecule has 1 aromatic carbocycles. The van der Waals surface area contributed by atoms with Gasteiger partial charge in [0.2, 0.25) is 0 Å². The number of anilines is 1. The monoisotopic (exact) mass is 219 g/mol. The SMILES string of the molecule is COC(=O)/C=C1/Oc2ccccc2NC1=O. The number of ether oxygens (including phenoxy) is 2. The molecule has 1 N–H and O–H groups in total. The first-order chi connectivity index (χ1) is 7.70. The number of benzene rings is 1. The zero-order chi connectivity index (χ0) is 11.5. The quantitative estimate of drug-likeness (QED) is 0.567. The molecule has 1 aromatic rings. The fraction of sp³-hybridized carbons (Fsp3) is 0.0909. The van der Waals surface area contributed by atoms with E-state index >= 15 is 0 Å². The molecular formula is C11H9NO4. The molecule has 1 aliphatic heterocycles. The first-order valence-electron chi connectivity index (χ1n) is 4.58. The molecule has 0 saturated carbocycles. The van der Waals surface area contributed by atoms with E-state index in [4.69, 9.17) is 4.74 Å². The van der Waals surface area contributed by atoms with E-state index in [0.717, 1.165) is 6.08 Å². The van der Waals surface area contributed by atoms with Gasteiger partial charge in [-0.25, -0.2) is 4.79 Å². The second-order valence-corrected chi connectivity index (χ2v) is 3.08. The Kier molecular flexibility index (Phi) is 2.59. The van der Waals surface area contributed by atoms with Gasteiger partial charge in [-0.15, -0.1) is 0 Å². The summed E-state index contributed by atoms with van der Waals surface area (Å²) in [7, 11) is 1.23. The molecule has 0 aromatic heterocycles. The van der Waals surface area contributed by atoms with Crippen LogP contribution in [0.2, 0.25) is 0 Å². The normalized spacial score (nSPS) is 16.1. The molecule has 2 rings (SSSR count). The number of amides is 1. The molecule has 5 nitrogen and oxygen atoms in total. The molecule has 1 amide bonds.